The molecule has 1 aromatic carbocycles. The number of nitrogens with one attached hydrogen (secondary N) is 1. The van der Waals surface area contributed by atoms with Crippen LogP contribution in [0, 0.1) is 10.1 Å². The van der Waals surface area contributed by atoms with Gasteiger partial charge in [0, 0.05) is 36.6 Å². The highest BCUT2D eigenvalue weighted by Crippen LogP contribution is 2.19. The fourth-order valence-corrected chi connectivity index (χ4v) is 2.36. The van der Waals surface area contributed by atoms with E-state index in [1.165, 1.54) is 5.69 Å². The van der Waals surface area contributed by atoms with E-state index in [2.05, 4.69) is 22.9 Å². The third-order valence-corrected chi connectivity index (χ3v) is 3.47. The summed E-state index contributed by atoms with van der Waals surface area (Å²) in [4.78, 5) is 10.7. The summed E-state index contributed by atoms with van der Waals surface area (Å²) >= 11 is 0. The van der Waals surface area contributed by atoms with Crippen molar-refractivity contribution in [2.24, 2.45) is 0 Å². The Kier molecular flexibility index (Phi) is 5.51. The lowest BCUT2D eigenvalue weighted by Gasteiger charge is -2.10. The van der Waals surface area contributed by atoms with Gasteiger partial charge in [-0.1, -0.05) is 25.1 Å². The van der Waals surface area contributed by atoms with Gasteiger partial charge in [0.05, 0.1) is 4.92 Å². The lowest BCUT2D eigenvalue weighted by atomic mass is 10.1. The topological polar surface area (TPSA) is 60.1 Å². The van der Waals surface area contributed by atoms with E-state index >= 15 is 0 Å². The van der Waals surface area contributed by atoms with E-state index in [4.69, 9.17) is 0 Å². The van der Waals surface area contributed by atoms with E-state index in [9.17, 15) is 10.1 Å². The molecule has 1 N–H and O–H groups in total. The number of para-hydroxylation sites is 1. The monoisotopic (exact) mass is 287 g/mol. The molecule has 0 saturated heterocycles. The SMILES string of the molecule is CCCNCc1cccn1CCc1ccccc1[N+](=O)[O-]. The third kappa shape index (κ3) is 4.16. The van der Waals surface area contributed by atoms with Crippen LogP contribution in [-0.4, -0.2) is 16.0 Å². The van der Waals surface area contributed by atoms with Crippen LogP contribution in [0.4, 0.5) is 5.69 Å². The first-order valence-corrected chi connectivity index (χ1v) is 7.29. The maximum Gasteiger partial charge on any atom is 0.272 e. The predicted octanol–water partition coefficient (Wildman–Crippen LogP) is 3.14. The van der Waals surface area contributed by atoms with Gasteiger partial charge >= 0.3 is 0 Å². The molecular formula is C16H21N3O2. The summed E-state index contributed by atoms with van der Waals surface area (Å²) in [6.45, 7) is 4.72. The number of nitro benzene ring substituents is 1. The van der Waals surface area contributed by atoms with Gasteiger partial charge in [0.2, 0.25) is 0 Å². The molecule has 0 bridgehead atoms. The second-order valence-corrected chi connectivity index (χ2v) is 5.01. The van der Waals surface area contributed by atoms with E-state index in [1.54, 1.807) is 12.1 Å². The second kappa shape index (κ2) is 7.59. The summed E-state index contributed by atoms with van der Waals surface area (Å²) in [5, 5.41) is 14.4. The molecule has 1 heterocycles. The van der Waals surface area contributed by atoms with Crippen LogP contribution in [0.2, 0.25) is 0 Å². The molecule has 2 rings (SSSR count). The number of benzene rings is 1. The average molecular weight is 287 g/mol. The first kappa shape index (κ1) is 15.3. The van der Waals surface area contributed by atoms with Gasteiger partial charge in [0.1, 0.15) is 0 Å². The Morgan fingerprint density at radius 2 is 2.05 bits per heavy atom. The van der Waals surface area contributed by atoms with Crippen molar-refractivity contribution in [1.82, 2.24) is 9.88 Å². The van der Waals surface area contributed by atoms with Crippen LogP contribution in [0.3, 0.4) is 0 Å². The number of rotatable bonds is 8. The molecule has 0 unspecified atom stereocenters. The molecule has 0 aliphatic carbocycles. The molecule has 0 spiro atoms. The summed E-state index contributed by atoms with van der Waals surface area (Å²) in [5.41, 5.74) is 2.20. The van der Waals surface area contributed by atoms with Gasteiger partial charge in [-0.3, -0.25) is 10.1 Å². The maximum absolute atomic E-state index is 11.0. The zero-order valence-electron chi connectivity index (χ0n) is 12.3. The fraction of sp³-hybridized carbons (Fsp3) is 0.375. The predicted molar refractivity (Wildman–Crippen MR) is 83.2 cm³/mol. The van der Waals surface area contributed by atoms with Crippen molar-refractivity contribution in [3.05, 3.63) is 64.0 Å². The Balaban J connectivity index is 2.00. The number of hydrogen-bond donors (Lipinski definition) is 1. The standard InChI is InChI=1S/C16H21N3O2/c1-2-10-17-13-15-7-5-11-18(15)12-9-14-6-3-4-8-16(14)19(20)21/h3-8,11,17H,2,9-10,12-13H2,1H3. The highest BCUT2D eigenvalue weighted by atomic mass is 16.6. The van der Waals surface area contributed by atoms with Crippen LogP contribution in [0.25, 0.3) is 0 Å². The van der Waals surface area contributed by atoms with E-state index in [0.717, 1.165) is 31.6 Å². The lowest BCUT2D eigenvalue weighted by molar-refractivity contribution is -0.385. The van der Waals surface area contributed by atoms with Crippen LogP contribution in [0.5, 0.6) is 0 Å². The zero-order chi connectivity index (χ0) is 15.1. The Morgan fingerprint density at radius 1 is 1.24 bits per heavy atom. The Morgan fingerprint density at radius 3 is 2.81 bits per heavy atom. The fourth-order valence-electron chi connectivity index (χ4n) is 2.36. The van der Waals surface area contributed by atoms with Gasteiger partial charge in [-0.25, -0.2) is 0 Å². The summed E-state index contributed by atoms with van der Waals surface area (Å²) in [6.07, 6.45) is 3.79. The minimum Gasteiger partial charge on any atom is -0.350 e. The minimum atomic E-state index is -0.311. The molecule has 0 saturated carbocycles. The van der Waals surface area contributed by atoms with Gasteiger partial charge in [0.15, 0.2) is 0 Å². The van der Waals surface area contributed by atoms with Crippen molar-refractivity contribution in [1.29, 1.82) is 0 Å². The van der Waals surface area contributed by atoms with E-state index in [-0.39, 0.29) is 10.6 Å². The second-order valence-electron chi connectivity index (χ2n) is 5.01. The van der Waals surface area contributed by atoms with Crippen molar-refractivity contribution < 1.29 is 4.92 Å². The van der Waals surface area contributed by atoms with Gasteiger partial charge in [-0.15, -0.1) is 0 Å². The molecule has 2 aromatic rings. The van der Waals surface area contributed by atoms with Crippen molar-refractivity contribution >= 4 is 5.69 Å². The van der Waals surface area contributed by atoms with Crippen molar-refractivity contribution in [3.8, 4) is 0 Å². The maximum atomic E-state index is 11.0. The van der Waals surface area contributed by atoms with Crippen LogP contribution in [0.15, 0.2) is 42.6 Å². The van der Waals surface area contributed by atoms with Gasteiger partial charge in [-0.05, 0) is 31.5 Å². The van der Waals surface area contributed by atoms with Gasteiger partial charge in [-0.2, -0.15) is 0 Å². The summed E-state index contributed by atoms with van der Waals surface area (Å²) in [6, 6.07) is 11.1. The normalized spacial score (nSPS) is 10.7. The molecule has 5 nitrogen and oxygen atoms in total. The number of aryl methyl sites for hydroxylation is 2. The average Bonchev–Trinajstić information content (AvgIpc) is 2.93. The van der Waals surface area contributed by atoms with Crippen molar-refractivity contribution in [2.45, 2.75) is 32.9 Å². The van der Waals surface area contributed by atoms with Crippen LogP contribution in [-0.2, 0) is 19.5 Å². The highest BCUT2D eigenvalue weighted by molar-refractivity contribution is 5.39. The molecule has 0 aliphatic rings. The van der Waals surface area contributed by atoms with Crippen LogP contribution < -0.4 is 5.32 Å². The van der Waals surface area contributed by atoms with Crippen LogP contribution >= 0.6 is 0 Å². The number of hydrogen-bond acceptors (Lipinski definition) is 3. The van der Waals surface area contributed by atoms with Gasteiger partial charge < -0.3 is 9.88 Å². The molecule has 5 heteroatoms. The zero-order valence-corrected chi connectivity index (χ0v) is 12.3. The minimum absolute atomic E-state index is 0.204. The van der Waals surface area contributed by atoms with Crippen molar-refractivity contribution in [2.75, 3.05) is 6.54 Å². The Labute approximate surface area is 124 Å². The third-order valence-electron chi connectivity index (χ3n) is 3.47. The molecule has 0 amide bonds. The molecule has 1 aromatic heterocycles. The number of nitrogens with zero attached hydrogens (tertiary/aromatic N) is 2. The number of aromatic nitrogens is 1. The van der Waals surface area contributed by atoms with Gasteiger partial charge in [0.25, 0.3) is 5.69 Å². The molecule has 0 aliphatic heterocycles. The first-order valence-electron chi connectivity index (χ1n) is 7.29. The van der Waals surface area contributed by atoms with Crippen molar-refractivity contribution in [3.63, 3.8) is 0 Å². The quantitative estimate of drug-likeness (QED) is 0.461. The molecule has 21 heavy (non-hydrogen) atoms. The molecular weight excluding hydrogens is 266 g/mol. The summed E-state index contributed by atoms with van der Waals surface area (Å²) in [7, 11) is 0. The molecule has 112 valence electrons. The van der Waals surface area contributed by atoms with E-state index < -0.39 is 0 Å². The highest BCUT2D eigenvalue weighted by Gasteiger charge is 2.12. The first-order chi connectivity index (χ1) is 10.2. The largest absolute Gasteiger partial charge is 0.350 e. The summed E-state index contributed by atoms with van der Waals surface area (Å²) < 4.78 is 2.15. The number of nitro groups is 1. The summed E-state index contributed by atoms with van der Waals surface area (Å²) in [5.74, 6) is 0. The molecule has 0 fully saturated rings. The van der Waals surface area contributed by atoms with Crippen LogP contribution in [0.1, 0.15) is 24.6 Å². The molecule has 0 atom stereocenters. The Bertz CT molecular complexity index is 593. The van der Waals surface area contributed by atoms with E-state index in [0.29, 0.717) is 6.42 Å². The smallest absolute Gasteiger partial charge is 0.272 e. The van der Waals surface area contributed by atoms with E-state index in [1.807, 2.05) is 24.4 Å². The Hall–Kier alpha value is -2.14. The molecule has 0 radical (unpaired) electrons. The lowest BCUT2D eigenvalue weighted by Crippen LogP contribution is -2.17.